The lowest BCUT2D eigenvalue weighted by molar-refractivity contribution is -0.137. The summed E-state index contributed by atoms with van der Waals surface area (Å²) in [7, 11) is 0. The van der Waals surface area contributed by atoms with Crippen LogP contribution in [-0.4, -0.2) is 53.2 Å². The van der Waals surface area contributed by atoms with Gasteiger partial charge in [0.2, 0.25) is 11.8 Å². The number of carbonyl (C=O) groups excluding carboxylic acids is 3. The lowest BCUT2D eigenvalue weighted by Gasteiger charge is -2.40. The predicted molar refractivity (Wildman–Crippen MR) is 108 cm³/mol. The number of anilines is 1. The van der Waals surface area contributed by atoms with Crippen LogP contribution in [0.1, 0.15) is 37.6 Å². The van der Waals surface area contributed by atoms with Crippen molar-refractivity contribution in [2.45, 2.75) is 33.2 Å². The Labute approximate surface area is 169 Å². The molecular weight excluding hydrogens is 370 g/mol. The Morgan fingerprint density at radius 3 is 2.69 bits per heavy atom. The molecule has 0 saturated carbocycles. The first-order valence-corrected chi connectivity index (χ1v) is 9.80. The van der Waals surface area contributed by atoms with Crippen LogP contribution in [0.3, 0.4) is 0 Å². The van der Waals surface area contributed by atoms with Crippen molar-refractivity contribution in [2.24, 2.45) is 5.41 Å². The molecule has 0 bridgehead atoms. The van der Waals surface area contributed by atoms with Crippen molar-refractivity contribution < 1.29 is 18.8 Å². The molecule has 29 heavy (non-hydrogen) atoms. The van der Waals surface area contributed by atoms with Crippen molar-refractivity contribution >= 4 is 23.4 Å². The molecular formula is C22H25N3O4. The second kappa shape index (κ2) is 7.06. The molecule has 0 aliphatic carbocycles. The number of furan rings is 1. The molecule has 2 aliphatic rings. The highest BCUT2D eigenvalue weighted by Gasteiger charge is 2.40. The maximum atomic E-state index is 13.2. The summed E-state index contributed by atoms with van der Waals surface area (Å²) in [6.45, 7) is 7.00. The van der Waals surface area contributed by atoms with Crippen molar-refractivity contribution in [1.82, 2.24) is 9.80 Å². The van der Waals surface area contributed by atoms with E-state index in [2.05, 4.69) is 5.32 Å². The van der Waals surface area contributed by atoms with Gasteiger partial charge in [-0.25, -0.2) is 0 Å². The van der Waals surface area contributed by atoms with Crippen molar-refractivity contribution in [1.29, 1.82) is 0 Å². The van der Waals surface area contributed by atoms with Gasteiger partial charge in [0, 0.05) is 25.1 Å². The number of fused-ring (bicyclic) bond motifs is 2. The standard InChI is InChI=1S/C22H25N3O4/c1-22(2,3)12-19(26)24-8-9-25-17(13-24)20(27)23-16-7-6-14(11-15(16)21(25)28)18-5-4-10-29-18/h4-7,10-11,17H,8-9,12-13H2,1-3H3,(H,23,27)/t17-/m1/s1. The Kier molecular flexibility index (Phi) is 4.68. The van der Waals surface area contributed by atoms with Gasteiger partial charge in [0.15, 0.2) is 0 Å². The number of benzene rings is 1. The zero-order valence-electron chi connectivity index (χ0n) is 16.9. The van der Waals surface area contributed by atoms with Crippen LogP contribution >= 0.6 is 0 Å². The molecule has 3 heterocycles. The van der Waals surface area contributed by atoms with E-state index in [1.54, 1.807) is 34.3 Å². The van der Waals surface area contributed by atoms with E-state index in [9.17, 15) is 14.4 Å². The van der Waals surface area contributed by atoms with Crippen LogP contribution in [0.4, 0.5) is 5.69 Å². The lowest BCUT2D eigenvalue weighted by Crippen LogP contribution is -2.59. The van der Waals surface area contributed by atoms with Gasteiger partial charge in [-0.2, -0.15) is 0 Å². The number of hydrogen-bond acceptors (Lipinski definition) is 4. The fourth-order valence-electron chi connectivity index (χ4n) is 3.84. The van der Waals surface area contributed by atoms with Gasteiger partial charge in [0.1, 0.15) is 11.8 Å². The topological polar surface area (TPSA) is 82.9 Å². The third-order valence-corrected chi connectivity index (χ3v) is 5.29. The monoisotopic (exact) mass is 395 g/mol. The molecule has 0 spiro atoms. The summed E-state index contributed by atoms with van der Waals surface area (Å²) in [5.41, 5.74) is 1.56. The van der Waals surface area contributed by atoms with Crippen LogP contribution in [0.2, 0.25) is 0 Å². The highest BCUT2D eigenvalue weighted by Crippen LogP contribution is 2.31. The molecule has 1 saturated heterocycles. The number of piperazine rings is 1. The van der Waals surface area contributed by atoms with Gasteiger partial charge in [-0.05, 0) is 35.7 Å². The van der Waals surface area contributed by atoms with Crippen LogP contribution in [0, 0.1) is 5.41 Å². The molecule has 7 nitrogen and oxygen atoms in total. The van der Waals surface area contributed by atoms with E-state index in [1.807, 2.05) is 32.9 Å². The molecule has 0 radical (unpaired) electrons. The van der Waals surface area contributed by atoms with Crippen LogP contribution in [0.25, 0.3) is 11.3 Å². The molecule has 2 aliphatic heterocycles. The summed E-state index contributed by atoms with van der Waals surface area (Å²) in [6.07, 6.45) is 1.98. The number of carbonyl (C=O) groups is 3. The molecule has 4 rings (SSSR count). The van der Waals surface area contributed by atoms with E-state index < -0.39 is 6.04 Å². The number of nitrogens with one attached hydrogen (secondary N) is 1. The van der Waals surface area contributed by atoms with E-state index in [4.69, 9.17) is 4.42 Å². The molecule has 1 aromatic heterocycles. The Bertz CT molecular complexity index is 959. The molecule has 0 unspecified atom stereocenters. The smallest absolute Gasteiger partial charge is 0.256 e. The summed E-state index contributed by atoms with van der Waals surface area (Å²) in [6, 6.07) is 8.20. The molecule has 7 heteroatoms. The minimum atomic E-state index is -0.695. The number of rotatable bonds is 2. The largest absolute Gasteiger partial charge is 0.464 e. The van der Waals surface area contributed by atoms with E-state index >= 15 is 0 Å². The minimum absolute atomic E-state index is 0.0132. The molecule has 1 fully saturated rings. The molecule has 1 aromatic carbocycles. The van der Waals surface area contributed by atoms with Gasteiger partial charge >= 0.3 is 0 Å². The van der Waals surface area contributed by atoms with Crippen molar-refractivity contribution in [3.05, 3.63) is 42.2 Å². The number of amides is 3. The van der Waals surface area contributed by atoms with Crippen LogP contribution < -0.4 is 5.32 Å². The quantitative estimate of drug-likeness (QED) is 0.847. The second-order valence-electron chi connectivity index (χ2n) is 8.82. The van der Waals surface area contributed by atoms with Crippen LogP contribution in [0.15, 0.2) is 41.0 Å². The predicted octanol–water partition coefficient (Wildman–Crippen LogP) is 2.99. The first-order valence-electron chi connectivity index (χ1n) is 9.80. The average molecular weight is 395 g/mol. The van der Waals surface area contributed by atoms with Crippen molar-refractivity contribution in [3.8, 4) is 11.3 Å². The summed E-state index contributed by atoms with van der Waals surface area (Å²) >= 11 is 0. The minimum Gasteiger partial charge on any atom is -0.464 e. The SMILES string of the molecule is CC(C)(C)CC(=O)N1CCN2C(=O)c3cc(-c4ccco4)ccc3NC(=O)[C@H]2C1. The second-order valence-corrected chi connectivity index (χ2v) is 8.82. The summed E-state index contributed by atoms with van der Waals surface area (Å²) < 4.78 is 5.43. The maximum absolute atomic E-state index is 13.2. The maximum Gasteiger partial charge on any atom is 0.256 e. The van der Waals surface area contributed by atoms with E-state index in [0.717, 1.165) is 5.56 Å². The van der Waals surface area contributed by atoms with Gasteiger partial charge in [-0.3, -0.25) is 14.4 Å². The summed E-state index contributed by atoms with van der Waals surface area (Å²) in [5, 5.41) is 2.86. The zero-order chi connectivity index (χ0) is 20.8. The van der Waals surface area contributed by atoms with Gasteiger partial charge in [0.25, 0.3) is 5.91 Å². The highest BCUT2D eigenvalue weighted by molar-refractivity contribution is 6.10. The number of nitrogens with zero attached hydrogens (tertiary/aromatic N) is 2. The Hall–Kier alpha value is -3.09. The Balaban J connectivity index is 1.60. The third kappa shape index (κ3) is 3.77. The van der Waals surface area contributed by atoms with Gasteiger partial charge in [-0.1, -0.05) is 20.8 Å². The Morgan fingerprint density at radius 1 is 1.21 bits per heavy atom. The first kappa shape index (κ1) is 19.2. The van der Waals surface area contributed by atoms with Crippen molar-refractivity contribution in [2.75, 3.05) is 25.0 Å². The zero-order valence-corrected chi connectivity index (χ0v) is 16.9. The van der Waals surface area contributed by atoms with Crippen LogP contribution in [-0.2, 0) is 9.59 Å². The molecule has 152 valence electrons. The van der Waals surface area contributed by atoms with Gasteiger partial charge in [-0.15, -0.1) is 0 Å². The van der Waals surface area contributed by atoms with Gasteiger partial charge in [0.05, 0.1) is 24.1 Å². The van der Waals surface area contributed by atoms with Crippen LogP contribution in [0.5, 0.6) is 0 Å². The number of hydrogen-bond donors (Lipinski definition) is 1. The first-order chi connectivity index (χ1) is 13.7. The van der Waals surface area contributed by atoms with Gasteiger partial charge < -0.3 is 19.5 Å². The molecule has 3 amide bonds. The third-order valence-electron chi connectivity index (χ3n) is 5.29. The summed E-state index contributed by atoms with van der Waals surface area (Å²) in [4.78, 5) is 42.0. The van der Waals surface area contributed by atoms with E-state index in [0.29, 0.717) is 36.5 Å². The lowest BCUT2D eigenvalue weighted by atomic mass is 9.91. The Morgan fingerprint density at radius 2 is 2.00 bits per heavy atom. The average Bonchev–Trinajstić information content (AvgIpc) is 3.17. The normalized spacial score (nSPS) is 19.3. The van der Waals surface area contributed by atoms with E-state index in [1.165, 1.54) is 0 Å². The van der Waals surface area contributed by atoms with E-state index in [-0.39, 0.29) is 29.7 Å². The fraction of sp³-hybridized carbons (Fsp3) is 0.409. The molecule has 2 aromatic rings. The van der Waals surface area contributed by atoms with Crippen molar-refractivity contribution in [3.63, 3.8) is 0 Å². The highest BCUT2D eigenvalue weighted by atomic mass is 16.3. The fourth-order valence-corrected chi connectivity index (χ4v) is 3.84. The molecule has 1 atom stereocenters. The molecule has 1 N–H and O–H groups in total. The summed E-state index contributed by atoms with van der Waals surface area (Å²) in [5.74, 6) is 0.195.